The summed E-state index contributed by atoms with van der Waals surface area (Å²) in [5, 5.41) is 3.07. The third-order valence-electron chi connectivity index (χ3n) is 6.69. The number of aryl methyl sites for hydroxylation is 1. The molecule has 4 aromatic carbocycles. The van der Waals surface area contributed by atoms with E-state index in [1.807, 2.05) is 97.9 Å². The molecule has 0 unspecified atom stereocenters. The number of rotatable bonds is 8. The van der Waals surface area contributed by atoms with Gasteiger partial charge in [-0.25, -0.2) is 8.42 Å². The molecule has 1 aliphatic rings. The Hall–Kier alpha value is -3.43. The summed E-state index contributed by atoms with van der Waals surface area (Å²) in [4.78, 5) is 17.8. The number of hydrogen-bond acceptors (Lipinski definition) is 5. The third-order valence-corrected chi connectivity index (χ3v) is 9.69. The molecule has 1 amide bonds. The van der Waals surface area contributed by atoms with Crippen molar-refractivity contribution in [3.63, 3.8) is 0 Å². The number of para-hydroxylation sites is 1. The highest BCUT2D eigenvalue weighted by molar-refractivity contribution is 7.99. The number of sulfonamides is 1. The first-order chi connectivity index (χ1) is 18.9. The fourth-order valence-corrected chi connectivity index (χ4v) is 6.87. The van der Waals surface area contributed by atoms with Gasteiger partial charge in [-0.1, -0.05) is 71.9 Å². The highest BCUT2D eigenvalue weighted by atomic mass is 32.2. The molecule has 0 spiro atoms. The van der Waals surface area contributed by atoms with Crippen LogP contribution in [-0.2, 0) is 16.6 Å². The average molecular weight is 558 g/mol. The molecule has 1 N–H and O–H groups in total. The van der Waals surface area contributed by atoms with Gasteiger partial charge >= 0.3 is 0 Å². The van der Waals surface area contributed by atoms with Gasteiger partial charge in [0.05, 0.1) is 10.6 Å². The minimum atomic E-state index is -3.49. The monoisotopic (exact) mass is 557 g/mol. The Morgan fingerprint density at radius 1 is 0.821 bits per heavy atom. The number of amides is 1. The molecule has 0 bridgehead atoms. The maximum Gasteiger partial charge on any atom is 0.255 e. The SMILES string of the molecule is Cc1ccc(S(=O)(=O)N2CCN(Cc3cccc(C(=O)Nc4ccccc4Sc4ccccc4)c3)CC2)cc1. The molecule has 5 rings (SSSR count). The summed E-state index contributed by atoms with van der Waals surface area (Å²) in [6, 6.07) is 32.5. The van der Waals surface area contributed by atoms with Gasteiger partial charge in [-0.05, 0) is 61.0 Å². The van der Waals surface area contributed by atoms with Gasteiger partial charge in [0.15, 0.2) is 0 Å². The van der Waals surface area contributed by atoms with E-state index >= 15 is 0 Å². The summed E-state index contributed by atoms with van der Waals surface area (Å²) in [5.74, 6) is -0.160. The lowest BCUT2D eigenvalue weighted by Crippen LogP contribution is -2.48. The van der Waals surface area contributed by atoms with E-state index in [-0.39, 0.29) is 5.91 Å². The van der Waals surface area contributed by atoms with Crippen molar-refractivity contribution in [1.29, 1.82) is 0 Å². The first kappa shape index (κ1) is 27.1. The van der Waals surface area contributed by atoms with Crippen LogP contribution < -0.4 is 5.32 Å². The minimum absolute atomic E-state index is 0.160. The van der Waals surface area contributed by atoms with Gasteiger partial charge in [-0.15, -0.1) is 0 Å². The quantitative estimate of drug-likeness (QED) is 0.292. The van der Waals surface area contributed by atoms with E-state index in [4.69, 9.17) is 0 Å². The summed E-state index contributed by atoms with van der Waals surface area (Å²) in [5.41, 5.74) is 3.41. The maximum atomic E-state index is 13.2. The van der Waals surface area contributed by atoms with E-state index in [0.29, 0.717) is 43.2 Å². The van der Waals surface area contributed by atoms with Crippen molar-refractivity contribution in [1.82, 2.24) is 9.21 Å². The Morgan fingerprint density at radius 3 is 2.26 bits per heavy atom. The van der Waals surface area contributed by atoms with Gasteiger partial charge in [0, 0.05) is 48.1 Å². The first-order valence-corrected chi connectivity index (χ1v) is 15.2. The Balaban J connectivity index is 1.20. The summed E-state index contributed by atoms with van der Waals surface area (Å²) in [7, 11) is -3.49. The van der Waals surface area contributed by atoms with Crippen LogP contribution in [0.2, 0.25) is 0 Å². The second-order valence-corrected chi connectivity index (χ2v) is 12.6. The zero-order chi connectivity index (χ0) is 27.2. The summed E-state index contributed by atoms with van der Waals surface area (Å²) in [6.07, 6.45) is 0. The normalized spacial score (nSPS) is 14.7. The van der Waals surface area contributed by atoms with Crippen LogP contribution in [0.5, 0.6) is 0 Å². The van der Waals surface area contributed by atoms with E-state index < -0.39 is 10.0 Å². The van der Waals surface area contributed by atoms with Crippen molar-refractivity contribution in [3.05, 3.63) is 120 Å². The van der Waals surface area contributed by atoms with Gasteiger partial charge in [-0.2, -0.15) is 4.31 Å². The number of benzene rings is 4. The van der Waals surface area contributed by atoms with E-state index in [1.54, 1.807) is 28.2 Å². The highest BCUT2D eigenvalue weighted by Gasteiger charge is 2.28. The molecule has 0 radical (unpaired) electrons. The second-order valence-electron chi connectivity index (χ2n) is 9.56. The lowest BCUT2D eigenvalue weighted by Gasteiger charge is -2.34. The van der Waals surface area contributed by atoms with Crippen molar-refractivity contribution in [2.24, 2.45) is 0 Å². The minimum Gasteiger partial charge on any atom is -0.321 e. The molecule has 8 heteroatoms. The summed E-state index contributed by atoms with van der Waals surface area (Å²) >= 11 is 1.61. The van der Waals surface area contributed by atoms with E-state index in [1.165, 1.54) is 0 Å². The molecule has 4 aromatic rings. The van der Waals surface area contributed by atoms with E-state index in [2.05, 4.69) is 10.2 Å². The number of nitrogens with zero attached hydrogens (tertiary/aromatic N) is 2. The molecule has 0 atom stereocenters. The fourth-order valence-electron chi connectivity index (χ4n) is 4.53. The summed E-state index contributed by atoms with van der Waals surface area (Å²) in [6.45, 7) is 4.73. The highest BCUT2D eigenvalue weighted by Crippen LogP contribution is 2.33. The molecular formula is C31H31N3O3S2. The van der Waals surface area contributed by atoms with Crippen LogP contribution in [0.4, 0.5) is 5.69 Å². The van der Waals surface area contributed by atoms with Crippen LogP contribution in [0.25, 0.3) is 0 Å². The van der Waals surface area contributed by atoms with Crippen molar-refractivity contribution in [2.75, 3.05) is 31.5 Å². The van der Waals surface area contributed by atoms with Crippen LogP contribution in [0.15, 0.2) is 118 Å². The maximum absolute atomic E-state index is 13.2. The third kappa shape index (κ3) is 6.78. The zero-order valence-electron chi connectivity index (χ0n) is 21.8. The number of hydrogen-bond donors (Lipinski definition) is 1. The van der Waals surface area contributed by atoms with Crippen molar-refractivity contribution in [2.45, 2.75) is 28.2 Å². The molecule has 1 heterocycles. The first-order valence-electron chi connectivity index (χ1n) is 12.9. The summed E-state index contributed by atoms with van der Waals surface area (Å²) < 4.78 is 27.6. The van der Waals surface area contributed by atoms with Crippen molar-refractivity contribution in [3.8, 4) is 0 Å². The van der Waals surface area contributed by atoms with Gasteiger partial charge in [0.1, 0.15) is 0 Å². The van der Waals surface area contributed by atoms with Crippen LogP contribution in [0.1, 0.15) is 21.5 Å². The second kappa shape index (κ2) is 12.2. The van der Waals surface area contributed by atoms with E-state index in [0.717, 1.165) is 26.6 Å². The average Bonchev–Trinajstić information content (AvgIpc) is 2.95. The Labute approximate surface area is 234 Å². The molecule has 0 aliphatic carbocycles. The molecule has 200 valence electrons. The van der Waals surface area contributed by atoms with E-state index in [9.17, 15) is 13.2 Å². The molecule has 0 aromatic heterocycles. The smallest absolute Gasteiger partial charge is 0.255 e. The molecule has 39 heavy (non-hydrogen) atoms. The van der Waals surface area contributed by atoms with Gasteiger partial charge < -0.3 is 5.32 Å². The van der Waals surface area contributed by atoms with Crippen LogP contribution in [0.3, 0.4) is 0 Å². The molecular weight excluding hydrogens is 526 g/mol. The predicted molar refractivity (Wildman–Crippen MR) is 157 cm³/mol. The zero-order valence-corrected chi connectivity index (χ0v) is 23.4. The van der Waals surface area contributed by atoms with Crippen LogP contribution >= 0.6 is 11.8 Å². The molecule has 1 fully saturated rings. The molecule has 1 aliphatic heterocycles. The lowest BCUT2D eigenvalue weighted by molar-refractivity contribution is 0.102. The Morgan fingerprint density at radius 2 is 1.51 bits per heavy atom. The van der Waals surface area contributed by atoms with Gasteiger partial charge in [-0.3, -0.25) is 9.69 Å². The van der Waals surface area contributed by atoms with Gasteiger partial charge in [0.2, 0.25) is 10.0 Å². The number of piperazine rings is 1. The predicted octanol–water partition coefficient (Wildman–Crippen LogP) is 5.91. The topological polar surface area (TPSA) is 69.7 Å². The largest absolute Gasteiger partial charge is 0.321 e. The number of nitrogens with one attached hydrogen (secondary N) is 1. The van der Waals surface area contributed by atoms with Crippen molar-refractivity contribution < 1.29 is 13.2 Å². The van der Waals surface area contributed by atoms with Gasteiger partial charge in [0.25, 0.3) is 5.91 Å². The van der Waals surface area contributed by atoms with Crippen molar-refractivity contribution >= 4 is 33.4 Å². The number of carbonyl (C=O) groups excluding carboxylic acids is 1. The molecule has 6 nitrogen and oxygen atoms in total. The number of carbonyl (C=O) groups is 1. The standard InChI is InChI=1S/C31H31N3O3S2/c1-24-14-16-28(17-15-24)39(36,37)34-20-18-33(19-21-34)23-25-8-7-9-26(22-25)31(35)32-29-12-5-6-13-30(29)38-27-10-3-2-4-11-27/h2-17,22H,18-21,23H2,1H3,(H,32,35). The lowest BCUT2D eigenvalue weighted by atomic mass is 10.1. The Bertz CT molecular complexity index is 1530. The fraction of sp³-hybridized carbons (Fsp3) is 0.194. The Kier molecular flexibility index (Phi) is 8.47. The number of anilines is 1. The van der Waals surface area contributed by atoms with Crippen LogP contribution in [0, 0.1) is 6.92 Å². The molecule has 1 saturated heterocycles. The molecule has 0 saturated carbocycles. The van der Waals surface area contributed by atoms with Crippen LogP contribution in [-0.4, -0.2) is 49.7 Å².